The van der Waals surface area contributed by atoms with E-state index in [2.05, 4.69) is 25.0 Å². The predicted octanol–water partition coefficient (Wildman–Crippen LogP) is 5.29. The van der Waals surface area contributed by atoms with E-state index in [9.17, 15) is 69.6 Å². The number of esters is 2. The zero-order chi connectivity index (χ0) is 53.6. The number of nitrogens with zero attached hydrogens (tertiary/aromatic N) is 1. The van der Waals surface area contributed by atoms with Crippen LogP contribution < -0.4 is 10.6 Å². The Labute approximate surface area is 429 Å². The Morgan fingerprint density at radius 2 is 1.33 bits per heavy atom. The quantitative estimate of drug-likeness (QED) is 0.0262. The van der Waals surface area contributed by atoms with E-state index in [1.807, 2.05) is 62.9 Å². The highest BCUT2D eigenvalue weighted by Gasteiger charge is 2.44. The van der Waals surface area contributed by atoms with Gasteiger partial charge in [-0.25, -0.2) is 19.2 Å². The number of carbonyl (C=O) groups is 6. The number of piperidine rings is 1. The normalized spacial score (nSPS) is 18.3. The summed E-state index contributed by atoms with van der Waals surface area (Å²) in [5.41, 5.74) is 0.987. The van der Waals surface area contributed by atoms with Gasteiger partial charge in [-0.1, -0.05) is 36.4 Å². The van der Waals surface area contributed by atoms with Crippen molar-refractivity contribution in [1.82, 2.24) is 15.5 Å². The Hall–Kier alpha value is -7.20. The molecular weight excluding hydrogens is 987 g/mol. The van der Waals surface area contributed by atoms with E-state index in [1.54, 1.807) is 36.9 Å². The van der Waals surface area contributed by atoms with Crippen LogP contribution in [0.3, 0.4) is 0 Å². The zero-order valence-corrected chi connectivity index (χ0v) is 41.9. The van der Waals surface area contributed by atoms with E-state index in [4.69, 9.17) is 0 Å². The molecule has 2 aliphatic heterocycles. The molecule has 21 heteroatoms. The molecule has 2 fully saturated rings. The van der Waals surface area contributed by atoms with Gasteiger partial charge < -0.3 is 61.0 Å². The number of hydrogen-bond donors (Lipinski definition) is 10. The number of carboxylic acids is 2. The van der Waals surface area contributed by atoms with Gasteiger partial charge in [-0.15, -0.1) is 11.8 Å². The molecule has 10 N–H and O–H groups in total. The van der Waals surface area contributed by atoms with Crippen molar-refractivity contribution >= 4 is 71.4 Å². The van der Waals surface area contributed by atoms with Crippen LogP contribution in [-0.2, 0) is 33.4 Å². The van der Waals surface area contributed by atoms with Gasteiger partial charge in [-0.05, 0) is 124 Å². The Balaban J connectivity index is 0.000000274. The molecule has 2 heterocycles. The van der Waals surface area contributed by atoms with Crippen molar-refractivity contribution in [3.05, 3.63) is 119 Å². The second-order valence-corrected chi connectivity index (χ2v) is 20.6. The molecule has 0 spiro atoms. The molecule has 0 aromatic heterocycles. The molecule has 73 heavy (non-hydrogen) atoms. The van der Waals surface area contributed by atoms with E-state index in [0.29, 0.717) is 28.0 Å². The van der Waals surface area contributed by atoms with Crippen molar-refractivity contribution < 1.29 is 79.1 Å². The number of rotatable bonds is 18. The van der Waals surface area contributed by atoms with Crippen LogP contribution in [-0.4, -0.2) is 147 Å². The van der Waals surface area contributed by atoms with Crippen molar-refractivity contribution in [3.8, 4) is 28.7 Å². The van der Waals surface area contributed by atoms with Gasteiger partial charge in [0.05, 0.1) is 18.2 Å². The average Bonchev–Trinajstić information content (AvgIpc) is 3.80. The summed E-state index contributed by atoms with van der Waals surface area (Å²) in [5.74, 6) is -6.39. The van der Waals surface area contributed by atoms with Gasteiger partial charge in [0.2, 0.25) is 18.1 Å². The molecule has 2 saturated heterocycles. The second-order valence-electron chi connectivity index (χ2n) is 18.2. The van der Waals surface area contributed by atoms with E-state index in [-0.39, 0.29) is 46.8 Å². The van der Waals surface area contributed by atoms with Crippen LogP contribution in [0.5, 0.6) is 28.7 Å². The van der Waals surface area contributed by atoms with Crippen LogP contribution in [0.1, 0.15) is 60.7 Å². The van der Waals surface area contributed by atoms with Gasteiger partial charge >= 0.3 is 23.9 Å². The average molecular weight is 1050 g/mol. The maximum atomic E-state index is 13.4. The molecular formula is C52H59N3O16S2. The largest absolute Gasteiger partial charge is 0.508 e. The summed E-state index contributed by atoms with van der Waals surface area (Å²) in [4.78, 5) is 76.8. The minimum absolute atomic E-state index is 0.00437. The lowest BCUT2D eigenvalue weighted by atomic mass is 9.89. The van der Waals surface area contributed by atoms with Gasteiger partial charge in [0.25, 0.3) is 5.91 Å². The third-order valence-electron chi connectivity index (χ3n) is 11.5. The first-order valence-corrected chi connectivity index (χ1v) is 24.9. The fourth-order valence-electron chi connectivity index (χ4n) is 7.75. The summed E-state index contributed by atoms with van der Waals surface area (Å²) < 4.78 is 9.25. The number of phenolic OH excluding ortho intramolecular Hbond substituents is 5. The van der Waals surface area contributed by atoms with Crippen molar-refractivity contribution in [3.63, 3.8) is 0 Å². The summed E-state index contributed by atoms with van der Waals surface area (Å²) in [6.07, 6.45) is -0.150. The molecule has 4 aromatic carbocycles. The topological polar surface area (TPSA) is 310 Å². The number of amides is 2. The number of carboxylic acid groups (broad SMARTS) is 2. The Morgan fingerprint density at radius 3 is 1.85 bits per heavy atom. The number of thioether (sulfide) groups is 2. The Bertz CT molecular complexity index is 2580. The fourth-order valence-corrected chi connectivity index (χ4v) is 10.3. The summed E-state index contributed by atoms with van der Waals surface area (Å²) in [5, 5.41) is 84.3. The third-order valence-corrected chi connectivity index (χ3v) is 14.1. The van der Waals surface area contributed by atoms with E-state index >= 15 is 0 Å². The molecule has 6 rings (SSSR count). The number of β-amino-alcohol motifs (C(OH)–C–C–N with tert-alkyl or cyclic N) is 1. The molecule has 0 bridgehead atoms. The molecule has 390 valence electrons. The highest BCUT2D eigenvalue weighted by molar-refractivity contribution is 8.00. The van der Waals surface area contributed by atoms with Crippen LogP contribution in [0.2, 0.25) is 0 Å². The molecule has 2 aliphatic rings. The first-order valence-electron chi connectivity index (χ1n) is 22.9. The lowest BCUT2D eigenvalue weighted by Gasteiger charge is -2.43. The first kappa shape index (κ1) is 56.7. The summed E-state index contributed by atoms with van der Waals surface area (Å²) in [6.45, 7) is 8.70. The smallest absolute Gasteiger partial charge is 0.349 e. The number of aliphatic carboxylic acids is 2. The predicted molar refractivity (Wildman–Crippen MR) is 272 cm³/mol. The van der Waals surface area contributed by atoms with Gasteiger partial charge in [-0.3, -0.25) is 14.5 Å². The number of hydrogen-bond acceptors (Lipinski definition) is 17. The highest BCUT2D eigenvalue weighted by Crippen LogP contribution is 2.40. The zero-order valence-electron chi connectivity index (χ0n) is 40.3. The minimum atomic E-state index is -2.40. The SMILES string of the molecule is Cc1c(O)cccc1C(=O)N[C@@H](CSc1ccccc1)[C@H](O)CN1C[C@H]2CCS[C@H]2C[C@H]1C(=O)NC(C)(C)C.O=C(/C=C/c1ccc(O)c(O)c1)O[C@@H](C(=O)O)[C@@H](OC(=O)/C=C/c1ccc(O)c(O)c1)C(=O)O. The number of nitrogens with one attached hydrogen (secondary N) is 2. The molecule has 0 aliphatic carbocycles. The van der Waals surface area contributed by atoms with Crippen LogP contribution in [0.15, 0.2) is 102 Å². The fraction of sp³-hybridized carbons (Fsp3) is 0.346. The lowest BCUT2D eigenvalue weighted by molar-refractivity contribution is -0.183. The lowest BCUT2D eigenvalue weighted by Crippen LogP contribution is -2.60. The third kappa shape index (κ3) is 16.9. The first-order chi connectivity index (χ1) is 34.5. The second kappa shape index (κ2) is 26.0. The summed E-state index contributed by atoms with van der Waals surface area (Å²) >= 11 is 3.53. The number of aliphatic hydroxyl groups excluding tert-OH is 1. The van der Waals surface area contributed by atoms with E-state index in [1.165, 1.54) is 12.1 Å². The highest BCUT2D eigenvalue weighted by atomic mass is 32.2. The number of fused-ring (bicyclic) bond motifs is 1. The maximum Gasteiger partial charge on any atom is 0.349 e. The number of aliphatic hydroxyl groups is 1. The Kier molecular flexibility index (Phi) is 20.2. The van der Waals surface area contributed by atoms with Crippen molar-refractivity contribution in [1.29, 1.82) is 0 Å². The Morgan fingerprint density at radius 1 is 0.767 bits per heavy atom. The van der Waals surface area contributed by atoms with Crippen LogP contribution in [0, 0.1) is 12.8 Å². The van der Waals surface area contributed by atoms with Gasteiger partial charge in [0.15, 0.2) is 23.0 Å². The van der Waals surface area contributed by atoms with Gasteiger partial charge in [-0.2, -0.15) is 11.8 Å². The van der Waals surface area contributed by atoms with Crippen LogP contribution in [0.25, 0.3) is 12.2 Å². The molecule has 0 radical (unpaired) electrons. The van der Waals surface area contributed by atoms with Crippen molar-refractivity contribution in [2.75, 3.05) is 24.6 Å². The van der Waals surface area contributed by atoms with E-state index < -0.39 is 71.2 Å². The number of ether oxygens (including phenoxy) is 2. The van der Waals surface area contributed by atoms with Crippen LogP contribution >= 0.6 is 23.5 Å². The number of phenols is 5. The molecule has 4 aromatic rings. The summed E-state index contributed by atoms with van der Waals surface area (Å²) in [7, 11) is 0. The van der Waals surface area contributed by atoms with Gasteiger partial charge in [0.1, 0.15) is 5.75 Å². The maximum absolute atomic E-state index is 13.4. The monoisotopic (exact) mass is 1050 g/mol. The molecule has 7 atom stereocenters. The molecule has 2 amide bonds. The number of benzene rings is 4. The van der Waals surface area contributed by atoms with Crippen molar-refractivity contribution in [2.45, 2.75) is 86.6 Å². The molecule has 0 saturated carbocycles. The standard InChI is InChI=1S/C30H41N3O4S2.C22H18O12/c1-19-22(11-8-12-25(19)34)28(36)31-23(18-39-21-9-6-5-7-10-21)26(35)17-33-16-20-13-14-38-27(20)15-24(33)29(37)32-30(2,3)4;23-13-5-1-11(9-15(13)25)3-7-17(27)33-19(21(29)30)20(22(31)32)34-18(28)8-4-12-2-6-14(24)16(26)10-12/h5-12,20,23-24,26-27,34-35H,13-18H2,1-4H3,(H,31,36)(H,32,37);1-10,19-20,23-26H,(H,29,30)(H,31,32)/b;7-3+,8-4+/t20-,23+,24+,26-,27+;19-,20-/m11/s1. The minimum Gasteiger partial charge on any atom is -0.508 e. The summed E-state index contributed by atoms with van der Waals surface area (Å²) in [6, 6.07) is 21.0. The molecule has 19 nitrogen and oxygen atoms in total. The van der Waals surface area contributed by atoms with Gasteiger partial charge in [0, 0.05) is 57.8 Å². The number of likely N-dealkylation sites (tertiary alicyclic amines) is 1. The van der Waals surface area contributed by atoms with E-state index in [0.717, 1.165) is 78.6 Å². The number of carbonyl (C=O) groups excluding carboxylic acids is 4. The van der Waals surface area contributed by atoms with Crippen LogP contribution in [0.4, 0.5) is 0 Å². The van der Waals surface area contributed by atoms with Crippen molar-refractivity contribution in [2.24, 2.45) is 5.92 Å². The molecule has 0 unspecified atom stereocenters. The number of aromatic hydroxyl groups is 5.